The summed E-state index contributed by atoms with van der Waals surface area (Å²) in [6, 6.07) is 6.03. The molecule has 0 N–H and O–H groups in total. The van der Waals surface area contributed by atoms with Gasteiger partial charge < -0.3 is 0 Å². The number of nitrogens with zero attached hydrogens (tertiary/aromatic N) is 6. The van der Waals surface area contributed by atoms with Gasteiger partial charge in [-0.1, -0.05) is 0 Å². The highest BCUT2D eigenvalue weighted by Crippen LogP contribution is 2.10. The first-order valence-corrected chi connectivity index (χ1v) is 7.28. The summed E-state index contributed by atoms with van der Waals surface area (Å²) in [7, 11) is 1.75. The van der Waals surface area contributed by atoms with Crippen LogP contribution in [-0.2, 0) is 13.6 Å². The van der Waals surface area contributed by atoms with Crippen LogP contribution in [0.25, 0.3) is 16.7 Å². The molecule has 0 unspecified atom stereocenters. The van der Waals surface area contributed by atoms with E-state index in [9.17, 15) is 9.18 Å². The first kappa shape index (κ1) is 14.3. The van der Waals surface area contributed by atoms with E-state index in [0.29, 0.717) is 17.6 Å². The molecule has 0 fully saturated rings. The van der Waals surface area contributed by atoms with Crippen LogP contribution >= 0.6 is 0 Å². The summed E-state index contributed by atoms with van der Waals surface area (Å²) in [4.78, 5) is 16.7. The van der Waals surface area contributed by atoms with E-state index in [2.05, 4.69) is 15.2 Å². The van der Waals surface area contributed by atoms with Crippen LogP contribution in [0.3, 0.4) is 0 Å². The Morgan fingerprint density at radius 3 is 2.75 bits per heavy atom. The second-order valence-corrected chi connectivity index (χ2v) is 5.48. The number of hydrogen-bond donors (Lipinski definition) is 0. The summed E-state index contributed by atoms with van der Waals surface area (Å²) in [5, 5.41) is 8.39. The zero-order chi connectivity index (χ0) is 16.7. The molecule has 0 amide bonds. The molecule has 3 heterocycles. The average molecular weight is 324 g/mol. The third-order valence-corrected chi connectivity index (χ3v) is 3.69. The Balaban J connectivity index is 1.65. The van der Waals surface area contributed by atoms with Crippen LogP contribution in [0, 0.1) is 5.82 Å². The molecule has 0 aliphatic rings. The molecule has 24 heavy (non-hydrogen) atoms. The quantitative estimate of drug-likeness (QED) is 0.573. The highest BCUT2D eigenvalue weighted by atomic mass is 19.1. The van der Waals surface area contributed by atoms with Gasteiger partial charge in [0.1, 0.15) is 11.3 Å². The van der Waals surface area contributed by atoms with E-state index in [4.69, 9.17) is 0 Å². The molecule has 0 aliphatic heterocycles. The van der Waals surface area contributed by atoms with Gasteiger partial charge >= 0.3 is 0 Å². The van der Waals surface area contributed by atoms with Crippen LogP contribution in [0.4, 0.5) is 4.39 Å². The van der Waals surface area contributed by atoms with E-state index in [0.717, 1.165) is 11.3 Å². The van der Waals surface area contributed by atoms with Gasteiger partial charge in [0, 0.05) is 18.8 Å². The molecule has 0 aliphatic carbocycles. The lowest BCUT2D eigenvalue weighted by Gasteiger charge is -2.02. The predicted octanol–water partition coefficient (Wildman–Crippen LogP) is 1.50. The molecular formula is C16H13FN6O. The van der Waals surface area contributed by atoms with Gasteiger partial charge in [-0.3, -0.25) is 14.0 Å². The van der Waals surface area contributed by atoms with E-state index >= 15 is 0 Å². The van der Waals surface area contributed by atoms with Crippen molar-refractivity contribution in [2.24, 2.45) is 7.05 Å². The van der Waals surface area contributed by atoms with Gasteiger partial charge in [-0.2, -0.15) is 10.2 Å². The third-order valence-electron chi connectivity index (χ3n) is 3.69. The van der Waals surface area contributed by atoms with Gasteiger partial charge in [-0.25, -0.2) is 14.1 Å². The summed E-state index contributed by atoms with van der Waals surface area (Å²) in [6.07, 6.45) is 6.66. The second kappa shape index (κ2) is 5.41. The van der Waals surface area contributed by atoms with Crippen molar-refractivity contribution in [2.75, 3.05) is 0 Å². The molecule has 8 heteroatoms. The highest BCUT2D eigenvalue weighted by Gasteiger charge is 2.09. The molecule has 0 bridgehead atoms. The van der Waals surface area contributed by atoms with Gasteiger partial charge in [0.2, 0.25) is 0 Å². The number of rotatable bonds is 3. The van der Waals surface area contributed by atoms with E-state index in [1.165, 1.54) is 23.0 Å². The zero-order valence-electron chi connectivity index (χ0n) is 12.8. The molecule has 1 aromatic carbocycles. The topological polar surface area (TPSA) is 70.5 Å². The highest BCUT2D eigenvalue weighted by molar-refractivity contribution is 5.71. The van der Waals surface area contributed by atoms with Crippen LogP contribution < -0.4 is 5.56 Å². The van der Waals surface area contributed by atoms with E-state index in [1.807, 2.05) is 0 Å². The lowest BCUT2D eigenvalue weighted by molar-refractivity contribution is 0.627. The van der Waals surface area contributed by atoms with Gasteiger partial charge in [0.05, 0.1) is 31.0 Å². The van der Waals surface area contributed by atoms with Gasteiger partial charge in [0.25, 0.3) is 5.56 Å². The van der Waals surface area contributed by atoms with Crippen LogP contribution in [-0.4, -0.2) is 29.1 Å². The Labute approximate surface area is 135 Å². The first-order valence-electron chi connectivity index (χ1n) is 7.28. The Kier molecular flexibility index (Phi) is 3.23. The molecule has 0 atom stereocenters. The van der Waals surface area contributed by atoms with Gasteiger partial charge in [-0.05, 0) is 24.3 Å². The lowest BCUT2D eigenvalue weighted by atomic mass is 10.3. The van der Waals surface area contributed by atoms with Crippen molar-refractivity contribution in [1.29, 1.82) is 0 Å². The number of aromatic nitrogens is 6. The minimum Gasteiger partial charge on any atom is -0.293 e. The van der Waals surface area contributed by atoms with Crippen molar-refractivity contribution in [3.05, 3.63) is 70.9 Å². The fourth-order valence-electron chi connectivity index (χ4n) is 2.53. The number of fused-ring (bicyclic) bond motifs is 1. The summed E-state index contributed by atoms with van der Waals surface area (Å²) >= 11 is 0. The van der Waals surface area contributed by atoms with Crippen LogP contribution in [0.15, 0.2) is 54.0 Å². The molecule has 4 aromatic rings. The molecule has 7 nitrogen and oxygen atoms in total. The third kappa shape index (κ3) is 2.47. The average Bonchev–Trinajstić information content (AvgIpc) is 3.17. The standard InChI is InChI=1S/C16H13FN6O/c1-21-9-14-15(20-21)16(24)22(10-18-14)7-11-6-19-23(8-11)13-4-2-12(17)3-5-13/h2-6,8-10H,7H2,1H3. The number of halogens is 1. The number of aryl methyl sites for hydroxylation is 1. The van der Waals surface area contributed by atoms with Gasteiger partial charge in [0.15, 0.2) is 5.52 Å². The van der Waals surface area contributed by atoms with Crippen molar-refractivity contribution in [3.63, 3.8) is 0 Å². The molecule has 0 saturated heterocycles. The van der Waals surface area contributed by atoms with Crippen molar-refractivity contribution in [1.82, 2.24) is 29.1 Å². The Morgan fingerprint density at radius 2 is 1.96 bits per heavy atom. The largest absolute Gasteiger partial charge is 0.293 e. The molecule has 0 radical (unpaired) electrons. The second-order valence-electron chi connectivity index (χ2n) is 5.48. The number of hydrogen-bond acceptors (Lipinski definition) is 4. The number of benzene rings is 1. The summed E-state index contributed by atoms with van der Waals surface area (Å²) in [5.41, 5.74) is 2.29. The first-order chi connectivity index (χ1) is 11.6. The van der Waals surface area contributed by atoms with Crippen molar-refractivity contribution in [3.8, 4) is 5.69 Å². The van der Waals surface area contributed by atoms with Crippen molar-refractivity contribution >= 4 is 11.0 Å². The van der Waals surface area contributed by atoms with Crippen molar-refractivity contribution in [2.45, 2.75) is 6.54 Å². The minimum atomic E-state index is -0.299. The molecule has 3 aromatic heterocycles. The van der Waals surface area contributed by atoms with E-state index in [1.54, 1.807) is 47.1 Å². The maximum atomic E-state index is 13.0. The smallest absolute Gasteiger partial charge is 0.282 e. The van der Waals surface area contributed by atoms with E-state index < -0.39 is 0 Å². The normalized spacial score (nSPS) is 11.2. The van der Waals surface area contributed by atoms with Gasteiger partial charge in [-0.15, -0.1) is 0 Å². The maximum Gasteiger partial charge on any atom is 0.282 e. The van der Waals surface area contributed by atoms with Crippen LogP contribution in [0.5, 0.6) is 0 Å². The minimum absolute atomic E-state index is 0.199. The molecule has 120 valence electrons. The fraction of sp³-hybridized carbons (Fsp3) is 0.125. The molecule has 0 spiro atoms. The summed E-state index contributed by atoms with van der Waals surface area (Å²) in [6.45, 7) is 0.333. The SMILES string of the molecule is Cn1cc2ncn(Cc3cnn(-c4ccc(F)cc4)c3)c(=O)c2n1. The maximum absolute atomic E-state index is 13.0. The fourth-order valence-corrected chi connectivity index (χ4v) is 2.53. The Bertz CT molecular complexity index is 1080. The Morgan fingerprint density at radius 1 is 1.17 bits per heavy atom. The summed E-state index contributed by atoms with van der Waals surface area (Å²) in [5.74, 6) is -0.299. The van der Waals surface area contributed by atoms with Crippen molar-refractivity contribution < 1.29 is 4.39 Å². The molecule has 0 saturated carbocycles. The van der Waals surface area contributed by atoms with Crippen LogP contribution in [0.2, 0.25) is 0 Å². The van der Waals surface area contributed by atoms with Crippen LogP contribution in [0.1, 0.15) is 5.56 Å². The summed E-state index contributed by atoms with van der Waals surface area (Å²) < 4.78 is 17.7. The predicted molar refractivity (Wildman–Crippen MR) is 85.4 cm³/mol. The Hall–Kier alpha value is -3.29. The zero-order valence-corrected chi connectivity index (χ0v) is 12.8. The molecular weight excluding hydrogens is 311 g/mol. The monoisotopic (exact) mass is 324 g/mol. The lowest BCUT2D eigenvalue weighted by Crippen LogP contribution is -2.21. The molecule has 4 rings (SSSR count). The van der Waals surface area contributed by atoms with E-state index in [-0.39, 0.29) is 11.4 Å².